The van der Waals surface area contributed by atoms with Crippen LogP contribution in [0.15, 0.2) is 117 Å². The van der Waals surface area contributed by atoms with Crippen LogP contribution in [0.1, 0.15) is 6.42 Å². The highest BCUT2D eigenvalue weighted by Crippen LogP contribution is 2.39. The zero-order chi connectivity index (χ0) is 15.5. The summed E-state index contributed by atoms with van der Waals surface area (Å²) in [6.07, 6.45) is 14.8. The molecular weight excluding hydrogens is 296 g/mol. The van der Waals surface area contributed by atoms with E-state index in [0.717, 1.165) is 6.42 Å². The SMILES string of the molecule is C1=CC2=C([S+](c3ccccc3)c3ccccc3)C=CCC2C=C1. The number of benzene rings is 2. The Balaban J connectivity index is 1.89. The first kappa shape index (κ1) is 14.3. The summed E-state index contributed by atoms with van der Waals surface area (Å²) in [4.78, 5) is 4.23. The molecule has 0 heterocycles. The monoisotopic (exact) mass is 315 g/mol. The summed E-state index contributed by atoms with van der Waals surface area (Å²) >= 11 is 0. The van der Waals surface area contributed by atoms with Crippen LogP contribution in [0.4, 0.5) is 0 Å². The van der Waals surface area contributed by atoms with Crippen LogP contribution in [0.2, 0.25) is 0 Å². The maximum atomic E-state index is 2.35. The molecule has 1 heteroatoms. The van der Waals surface area contributed by atoms with Gasteiger partial charge < -0.3 is 0 Å². The summed E-state index contributed by atoms with van der Waals surface area (Å²) in [6, 6.07) is 21.8. The summed E-state index contributed by atoms with van der Waals surface area (Å²) in [5, 5.41) is 0. The quantitative estimate of drug-likeness (QED) is 0.639. The highest BCUT2D eigenvalue weighted by molar-refractivity contribution is 8.00. The lowest BCUT2D eigenvalue weighted by molar-refractivity contribution is 0.777. The number of allylic oxidation sites excluding steroid dienone is 7. The van der Waals surface area contributed by atoms with Gasteiger partial charge in [0.2, 0.25) is 0 Å². The Hall–Kier alpha value is -2.25. The molecule has 0 N–H and O–H groups in total. The van der Waals surface area contributed by atoms with Crippen molar-refractivity contribution in [3.63, 3.8) is 0 Å². The zero-order valence-electron chi connectivity index (χ0n) is 12.9. The second-order valence-electron chi connectivity index (χ2n) is 5.74. The summed E-state index contributed by atoms with van der Waals surface area (Å²) in [5.74, 6) is 0.530. The van der Waals surface area contributed by atoms with Gasteiger partial charge in [0.1, 0.15) is 0 Å². The Morgan fingerprint density at radius 1 is 0.739 bits per heavy atom. The van der Waals surface area contributed by atoms with Crippen LogP contribution in [0, 0.1) is 5.92 Å². The minimum absolute atomic E-state index is 0.0484. The van der Waals surface area contributed by atoms with Crippen molar-refractivity contribution in [1.29, 1.82) is 0 Å². The van der Waals surface area contributed by atoms with Gasteiger partial charge in [0, 0.05) is 11.5 Å². The van der Waals surface area contributed by atoms with Crippen molar-refractivity contribution in [3.05, 3.63) is 108 Å². The Labute approximate surface area is 140 Å². The van der Waals surface area contributed by atoms with Crippen LogP contribution >= 0.6 is 0 Å². The standard InChI is InChI=1S/C22H19S/c1-3-12-19(13-4-1)23(20-14-5-2-6-15-20)22-17-9-11-18-10-7-8-16-21(18)22/h1-10,12-18H,11H2/q+1. The van der Waals surface area contributed by atoms with Crippen molar-refractivity contribution in [3.8, 4) is 0 Å². The largest absolute Gasteiger partial charge is 0.170 e. The summed E-state index contributed by atoms with van der Waals surface area (Å²) in [6.45, 7) is 0. The van der Waals surface area contributed by atoms with Crippen molar-refractivity contribution >= 4 is 10.9 Å². The van der Waals surface area contributed by atoms with Crippen LogP contribution < -0.4 is 0 Å². The van der Waals surface area contributed by atoms with Gasteiger partial charge in [0.15, 0.2) is 14.7 Å². The van der Waals surface area contributed by atoms with E-state index in [9.17, 15) is 0 Å². The highest BCUT2D eigenvalue weighted by Gasteiger charge is 2.34. The van der Waals surface area contributed by atoms with E-state index in [0.29, 0.717) is 5.92 Å². The van der Waals surface area contributed by atoms with Crippen LogP contribution in [-0.4, -0.2) is 0 Å². The lowest BCUT2D eigenvalue weighted by atomic mass is 9.88. The third-order valence-electron chi connectivity index (χ3n) is 4.25. The molecule has 0 spiro atoms. The molecule has 2 aromatic carbocycles. The summed E-state index contributed by atoms with van der Waals surface area (Å²) < 4.78 is 0. The second kappa shape index (κ2) is 6.47. The van der Waals surface area contributed by atoms with Gasteiger partial charge in [0.25, 0.3) is 0 Å². The van der Waals surface area contributed by atoms with Crippen molar-refractivity contribution in [2.75, 3.05) is 0 Å². The summed E-state index contributed by atoms with van der Waals surface area (Å²) in [5.41, 5.74) is 1.48. The minimum atomic E-state index is -0.0484. The van der Waals surface area contributed by atoms with Crippen LogP contribution in [0.25, 0.3) is 0 Å². The van der Waals surface area contributed by atoms with E-state index in [4.69, 9.17) is 0 Å². The van der Waals surface area contributed by atoms with Gasteiger partial charge in [0.05, 0.1) is 10.9 Å². The number of fused-ring (bicyclic) bond motifs is 1. The van der Waals surface area contributed by atoms with Crippen molar-refractivity contribution in [2.45, 2.75) is 16.2 Å². The van der Waals surface area contributed by atoms with E-state index in [2.05, 4.69) is 97.1 Å². The smallest absolute Gasteiger partial charge is 0.0786 e. The molecule has 23 heavy (non-hydrogen) atoms. The third-order valence-corrected chi connectivity index (χ3v) is 6.55. The molecular formula is C22H19S+. The first-order valence-corrected chi connectivity index (χ1v) is 9.26. The molecule has 0 aliphatic heterocycles. The maximum Gasteiger partial charge on any atom is 0.170 e. The summed E-state index contributed by atoms with van der Waals surface area (Å²) in [7, 11) is -0.0484. The Morgan fingerprint density at radius 2 is 1.39 bits per heavy atom. The molecule has 0 saturated carbocycles. The van der Waals surface area contributed by atoms with Crippen LogP contribution in [-0.2, 0) is 10.9 Å². The van der Waals surface area contributed by atoms with E-state index < -0.39 is 0 Å². The van der Waals surface area contributed by atoms with E-state index in [1.165, 1.54) is 20.3 Å². The maximum absolute atomic E-state index is 2.35. The number of hydrogen-bond donors (Lipinski definition) is 0. The normalized spacial score (nSPS) is 19.3. The van der Waals surface area contributed by atoms with Crippen LogP contribution in [0.5, 0.6) is 0 Å². The topological polar surface area (TPSA) is 0 Å². The lowest BCUT2D eigenvalue weighted by Crippen LogP contribution is -2.15. The van der Waals surface area contributed by atoms with E-state index in [1.54, 1.807) is 0 Å². The first-order chi connectivity index (χ1) is 11.4. The Morgan fingerprint density at radius 3 is 2.04 bits per heavy atom. The average molecular weight is 315 g/mol. The molecule has 2 aliphatic carbocycles. The number of rotatable bonds is 3. The lowest BCUT2D eigenvalue weighted by Gasteiger charge is -2.21. The van der Waals surface area contributed by atoms with E-state index in [1.807, 2.05) is 0 Å². The van der Waals surface area contributed by atoms with Gasteiger partial charge in [-0.25, -0.2) is 0 Å². The molecule has 0 fully saturated rings. The van der Waals surface area contributed by atoms with Crippen molar-refractivity contribution in [2.24, 2.45) is 5.92 Å². The molecule has 1 atom stereocenters. The van der Waals surface area contributed by atoms with E-state index in [-0.39, 0.29) is 10.9 Å². The third kappa shape index (κ3) is 2.85. The first-order valence-electron chi connectivity index (χ1n) is 8.03. The zero-order valence-corrected chi connectivity index (χ0v) is 13.7. The van der Waals surface area contributed by atoms with Gasteiger partial charge in [-0.3, -0.25) is 0 Å². The van der Waals surface area contributed by atoms with Gasteiger partial charge in [-0.15, -0.1) is 0 Å². The number of hydrogen-bond acceptors (Lipinski definition) is 0. The molecule has 0 amide bonds. The Bertz CT molecular complexity index is 755. The van der Waals surface area contributed by atoms with Crippen molar-refractivity contribution in [1.82, 2.24) is 0 Å². The molecule has 112 valence electrons. The molecule has 2 aromatic rings. The minimum Gasteiger partial charge on any atom is -0.0786 e. The molecule has 0 aromatic heterocycles. The van der Waals surface area contributed by atoms with Gasteiger partial charge in [-0.2, -0.15) is 0 Å². The molecule has 0 bridgehead atoms. The van der Waals surface area contributed by atoms with Gasteiger partial charge >= 0.3 is 0 Å². The van der Waals surface area contributed by atoms with Gasteiger partial charge in [-0.1, -0.05) is 66.8 Å². The van der Waals surface area contributed by atoms with E-state index >= 15 is 0 Å². The fourth-order valence-electron chi connectivity index (χ4n) is 3.16. The molecule has 0 radical (unpaired) electrons. The van der Waals surface area contributed by atoms with Crippen molar-refractivity contribution < 1.29 is 0 Å². The predicted octanol–water partition coefficient (Wildman–Crippen LogP) is 5.68. The fraction of sp³-hybridized carbons (Fsp3) is 0.0909. The van der Waals surface area contributed by atoms with Crippen LogP contribution in [0.3, 0.4) is 0 Å². The predicted molar refractivity (Wildman–Crippen MR) is 99.3 cm³/mol. The fourth-order valence-corrected chi connectivity index (χ4v) is 5.49. The Kier molecular flexibility index (Phi) is 4.04. The average Bonchev–Trinajstić information content (AvgIpc) is 2.64. The molecule has 4 rings (SSSR count). The molecule has 0 nitrogen and oxygen atoms in total. The molecule has 1 unspecified atom stereocenters. The molecule has 0 saturated heterocycles. The van der Waals surface area contributed by atoms with Gasteiger partial charge in [-0.05, 0) is 36.8 Å². The highest BCUT2D eigenvalue weighted by atomic mass is 32.2. The molecule has 2 aliphatic rings. The second-order valence-corrected chi connectivity index (χ2v) is 7.74.